The van der Waals surface area contributed by atoms with E-state index in [0.29, 0.717) is 5.56 Å². The number of aromatic carboxylic acids is 1. The number of carbonyl (C=O) groups is 2. The second kappa shape index (κ2) is 6.09. The van der Waals surface area contributed by atoms with E-state index in [1.807, 2.05) is 30.3 Å². The largest absolute Gasteiger partial charge is 0.495 e. The fraction of sp³-hybridized carbons (Fsp3) is 0.125. The average molecular weight is 286 g/mol. The molecule has 0 saturated heterocycles. The number of hydrogen-bond acceptors (Lipinski definition) is 4. The van der Waals surface area contributed by atoms with Gasteiger partial charge in [0.2, 0.25) is 0 Å². The molecule has 0 heterocycles. The molecule has 0 amide bonds. The minimum absolute atomic E-state index is 0.00553. The molecule has 0 bridgehead atoms. The molecular weight excluding hydrogens is 272 g/mol. The fourth-order valence-electron chi connectivity index (χ4n) is 2.07. The molecule has 5 nitrogen and oxygen atoms in total. The van der Waals surface area contributed by atoms with Crippen molar-refractivity contribution in [3.8, 4) is 16.9 Å². The van der Waals surface area contributed by atoms with Crippen LogP contribution in [0.3, 0.4) is 0 Å². The number of esters is 1. The summed E-state index contributed by atoms with van der Waals surface area (Å²) in [5, 5.41) is 9.31. The number of hydrogen-bond donors (Lipinski definition) is 1. The van der Waals surface area contributed by atoms with E-state index in [1.165, 1.54) is 20.3 Å². The van der Waals surface area contributed by atoms with Crippen LogP contribution in [-0.2, 0) is 4.74 Å². The molecule has 0 aliphatic heterocycles. The van der Waals surface area contributed by atoms with Crippen LogP contribution in [0.2, 0.25) is 0 Å². The zero-order valence-electron chi connectivity index (χ0n) is 11.6. The maximum absolute atomic E-state index is 11.9. The van der Waals surface area contributed by atoms with Crippen LogP contribution in [0.5, 0.6) is 5.75 Å². The highest BCUT2D eigenvalue weighted by atomic mass is 16.5. The minimum Gasteiger partial charge on any atom is -0.495 e. The molecule has 0 atom stereocenters. The lowest BCUT2D eigenvalue weighted by Gasteiger charge is -2.13. The van der Waals surface area contributed by atoms with E-state index < -0.39 is 11.9 Å². The fourth-order valence-corrected chi connectivity index (χ4v) is 2.07. The van der Waals surface area contributed by atoms with Gasteiger partial charge in [0.25, 0.3) is 0 Å². The maximum Gasteiger partial charge on any atom is 0.341 e. The Hall–Kier alpha value is -2.82. The van der Waals surface area contributed by atoms with Crippen molar-refractivity contribution in [1.29, 1.82) is 0 Å². The van der Waals surface area contributed by atoms with E-state index in [2.05, 4.69) is 0 Å². The standard InChI is InChI=1S/C16H14O5/c1-20-14-12(15(17)18)8-11(9-13(14)16(19)21-2)10-6-4-3-5-7-10/h3-9H,1-2H3,(H,17,18). The first-order chi connectivity index (χ1) is 10.1. The molecule has 5 heteroatoms. The molecule has 0 aliphatic rings. The van der Waals surface area contributed by atoms with Crippen LogP contribution < -0.4 is 4.74 Å². The van der Waals surface area contributed by atoms with Crippen molar-refractivity contribution in [2.75, 3.05) is 14.2 Å². The molecule has 0 spiro atoms. The SMILES string of the molecule is COC(=O)c1cc(-c2ccccc2)cc(C(=O)O)c1OC. The van der Waals surface area contributed by atoms with E-state index >= 15 is 0 Å². The highest BCUT2D eigenvalue weighted by molar-refractivity contribution is 6.01. The number of carboxylic acid groups (broad SMARTS) is 1. The van der Waals surface area contributed by atoms with Crippen molar-refractivity contribution in [1.82, 2.24) is 0 Å². The Morgan fingerprint density at radius 1 is 0.952 bits per heavy atom. The highest BCUT2D eigenvalue weighted by Gasteiger charge is 2.22. The lowest BCUT2D eigenvalue weighted by molar-refractivity contribution is 0.0597. The van der Waals surface area contributed by atoms with Gasteiger partial charge in [-0.15, -0.1) is 0 Å². The third-order valence-electron chi connectivity index (χ3n) is 3.04. The van der Waals surface area contributed by atoms with Crippen molar-refractivity contribution >= 4 is 11.9 Å². The zero-order valence-corrected chi connectivity index (χ0v) is 11.6. The van der Waals surface area contributed by atoms with E-state index in [4.69, 9.17) is 9.47 Å². The Bertz CT molecular complexity index is 677. The second-order valence-corrected chi connectivity index (χ2v) is 4.27. The summed E-state index contributed by atoms with van der Waals surface area (Å²) in [5.74, 6) is -1.82. The normalized spacial score (nSPS) is 10.0. The monoisotopic (exact) mass is 286 g/mol. The highest BCUT2D eigenvalue weighted by Crippen LogP contribution is 2.31. The maximum atomic E-state index is 11.9. The van der Waals surface area contributed by atoms with Crippen molar-refractivity contribution in [3.05, 3.63) is 53.6 Å². The van der Waals surface area contributed by atoms with Crippen LogP contribution in [-0.4, -0.2) is 31.3 Å². The number of benzene rings is 2. The Morgan fingerprint density at radius 2 is 1.57 bits per heavy atom. The van der Waals surface area contributed by atoms with Gasteiger partial charge in [0.1, 0.15) is 16.9 Å². The lowest BCUT2D eigenvalue weighted by Crippen LogP contribution is -2.09. The summed E-state index contributed by atoms with van der Waals surface area (Å²) < 4.78 is 9.76. The van der Waals surface area contributed by atoms with E-state index in [1.54, 1.807) is 6.07 Å². The average Bonchev–Trinajstić information content (AvgIpc) is 2.53. The lowest BCUT2D eigenvalue weighted by atomic mass is 9.98. The van der Waals surface area contributed by atoms with Crippen LogP contribution in [0, 0.1) is 0 Å². The van der Waals surface area contributed by atoms with Crippen molar-refractivity contribution in [2.45, 2.75) is 0 Å². The number of carboxylic acids is 1. The van der Waals surface area contributed by atoms with Gasteiger partial charge in [-0.2, -0.15) is 0 Å². The third-order valence-corrected chi connectivity index (χ3v) is 3.04. The molecule has 0 unspecified atom stereocenters. The quantitative estimate of drug-likeness (QED) is 0.875. The Labute approximate surface area is 121 Å². The van der Waals surface area contributed by atoms with Gasteiger partial charge in [-0.3, -0.25) is 0 Å². The molecule has 2 aromatic carbocycles. The van der Waals surface area contributed by atoms with Crippen molar-refractivity contribution in [2.24, 2.45) is 0 Å². The second-order valence-electron chi connectivity index (χ2n) is 4.27. The molecule has 0 aromatic heterocycles. The summed E-state index contributed by atoms with van der Waals surface area (Å²) in [6, 6.07) is 12.2. The first-order valence-corrected chi connectivity index (χ1v) is 6.17. The molecule has 2 rings (SSSR count). The van der Waals surface area contributed by atoms with E-state index in [0.717, 1.165) is 5.56 Å². The molecular formula is C16H14O5. The van der Waals surface area contributed by atoms with Gasteiger partial charge >= 0.3 is 11.9 Å². The number of ether oxygens (including phenoxy) is 2. The molecule has 21 heavy (non-hydrogen) atoms. The number of methoxy groups -OCH3 is 2. The van der Waals surface area contributed by atoms with Crippen LogP contribution in [0.4, 0.5) is 0 Å². The van der Waals surface area contributed by atoms with Gasteiger partial charge in [0, 0.05) is 0 Å². The zero-order chi connectivity index (χ0) is 15.4. The molecule has 108 valence electrons. The van der Waals surface area contributed by atoms with Crippen LogP contribution >= 0.6 is 0 Å². The Balaban J connectivity index is 2.72. The molecule has 0 fully saturated rings. The predicted molar refractivity (Wildman–Crippen MR) is 76.7 cm³/mol. The third kappa shape index (κ3) is 2.86. The topological polar surface area (TPSA) is 72.8 Å². The summed E-state index contributed by atoms with van der Waals surface area (Å²) in [4.78, 5) is 23.3. The number of rotatable bonds is 4. The molecule has 2 aromatic rings. The summed E-state index contributed by atoms with van der Waals surface area (Å²) in [6.45, 7) is 0. The first kappa shape index (κ1) is 14.6. The summed E-state index contributed by atoms with van der Waals surface area (Å²) in [7, 11) is 2.55. The van der Waals surface area contributed by atoms with Gasteiger partial charge < -0.3 is 14.6 Å². The van der Waals surface area contributed by atoms with Crippen LogP contribution in [0.25, 0.3) is 11.1 Å². The van der Waals surface area contributed by atoms with Gasteiger partial charge in [-0.25, -0.2) is 9.59 Å². The van der Waals surface area contributed by atoms with E-state index in [9.17, 15) is 14.7 Å². The molecule has 0 saturated carbocycles. The predicted octanol–water partition coefficient (Wildman–Crippen LogP) is 2.85. The first-order valence-electron chi connectivity index (χ1n) is 6.17. The van der Waals surface area contributed by atoms with Gasteiger partial charge in [0.05, 0.1) is 14.2 Å². The number of carbonyl (C=O) groups excluding carboxylic acids is 1. The van der Waals surface area contributed by atoms with Gasteiger partial charge in [0.15, 0.2) is 0 Å². The van der Waals surface area contributed by atoms with Crippen LogP contribution in [0.15, 0.2) is 42.5 Å². The summed E-state index contributed by atoms with van der Waals surface area (Å²) >= 11 is 0. The molecule has 0 radical (unpaired) electrons. The minimum atomic E-state index is -1.17. The molecule has 1 N–H and O–H groups in total. The summed E-state index contributed by atoms with van der Waals surface area (Å²) in [6.07, 6.45) is 0. The Kier molecular flexibility index (Phi) is 4.23. The van der Waals surface area contributed by atoms with Crippen molar-refractivity contribution in [3.63, 3.8) is 0 Å². The van der Waals surface area contributed by atoms with Gasteiger partial charge in [-0.05, 0) is 23.3 Å². The van der Waals surface area contributed by atoms with E-state index in [-0.39, 0.29) is 16.9 Å². The van der Waals surface area contributed by atoms with Crippen LogP contribution in [0.1, 0.15) is 20.7 Å². The van der Waals surface area contributed by atoms with Gasteiger partial charge in [-0.1, -0.05) is 30.3 Å². The van der Waals surface area contributed by atoms with Crippen molar-refractivity contribution < 1.29 is 24.2 Å². The Morgan fingerprint density at radius 3 is 2.10 bits per heavy atom. The summed E-state index contributed by atoms with van der Waals surface area (Å²) in [5.41, 5.74) is 1.40. The smallest absolute Gasteiger partial charge is 0.341 e. The molecule has 0 aliphatic carbocycles.